The van der Waals surface area contributed by atoms with Crippen LogP contribution in [0.4, 0.5) is 0 Å². The molecule has 104 valence electrons. The highest BCUT2D eigenvalue weighted by Crippen LogP contribution is 2.14. The molecule has 1 aromatic rings. The number of hydrogen-bond donors (Lipinski definition) is 2. The van der Waals surface area contributed by atoms with E-state index in [2.05, 4.69) is 9.71 Å². The first-order chi connectivity index (χ1) is 8.60. The number of rotatable bonds is 4. The van der Waals surface area contributed by atoms with E-state index in [1.165, 1.54) is 24.5 Å². The maximum absolute atomic E-state index is 12.0. The van der Waals surface area contributed by atoms with Crippen LogP contribution in [0.25, 0.3) is 6.08 Å². The molecule has 0 bridgehead atoms. The molecule has 1 rings (SSSR count). The van der Waals surface area contributed by atoms with Gasteiger partial charge >= 0.3 is 5.97 Å². The third kappa shape index (κ3) is 5.19. The van der Waals surface area contributed by atoms with Gasteiger partial charge in [0.05, 0.1) is 0 Å². The molecule has 7 heteroatoms. The lowest BCUT2D eigenvalue weighted by molar-refractivity contribution is -0.131. The predicted octanol–water partition coefficient (Wildman–Crippen LogP) is 1.26. The number of aromatic nitrogens is 1. The molecule has 0 spiro atoms. The molecule has 0 atom stereocenters. The fourth-order valence-electron chi connectivity index (χ4n) is 1.30. The molecule has 0 saturated carbocycles. The topological polar surface area (TPSA) is 96.4 Å². The first kappa shape index (κ1) is 15.3. The fraction of sp³-hybridized carbons (Fsp3) is 0.333. The Kier molecular flexibility index (Phi) is 4.43. The summed E-state index contributed by atoms with van der Waals surface area (Å²) in [7, 11) is -3.67. The first-order valence-corrected chi connectivity index (χ1v) is 6.98. The van der Waals surface area contributed by atoms with Gasteiger partial charge in [-0.25, -0.2) is 17.9 Å². The maximum Gasteiger partial charge on any atom is 0.328 e. The van der Waals surface area contributed by atoms with E-state index in [0.717, 1.165) is 6.08 Å². The molecular formula is C12H16N2O4S. The molecule has 0 aromatic carbocycles. The molecular weight excluding hydrogens is 268 g/mol. The SMILES string of the molecule is CC(C)(C)NS(=O)(=O)c1cncc(C=CC(=O)O)c1. The first-order valence-electron chi connectivity index (χ1n) is 5.50. The Labute approximate surface area is 112 Å². The minimum atomic E-state index is -3.67. The molecule has 0 amide bonds. The van der Waals surface area contributed by atoms with Crippen LogP contribution in [0.15, 0.2) is 29.4 Å². The van der Waals surface area contributed by atoms with Crippen LogP contribution in [0.2, 0.25) is 0 Å². The minimum absolute atomic E-state index is 0.00466. The molecule has 0 radical (unpaired) electrons. The van der Waals surface area contributed by atoms with Crippen molar-refractivity contribution in [2.75, 3.05) is 0 Å². The van der Waals surface area contributed by atoms with Crippen LogP contribution >= 0.6 is 0 Å². The van der Waals surface area contributed by atoms with Gasteiger partial charge in [0, 0.05) is 24.0 Å². The summed E-state index contributed by atoms with van der Waals surface area (Å²) in [4.78, 5) is 14.2. The molecule has 6 nitrogen and oxygen atoms in total. The molecule has 1 aromatic heterocycles. The summed E-state index contributed by atoms with van der Waals surface area (Å²) in [6, 6.07) is 1.36. The fourth-order valence-corrected chi connectivity index (χ4v) is 2.72. The number of sulfonamides is 1. The Hall–Kier alpha value is -1.73. The van der Waals surface area contributed by atoms with Crippen molar-refractivity contribution >= 4 is 22.1 Å². The standard InChI is InChI=1S/C12H16N2O4S/c1-12(2,3)14-19(17,18)10-6-9(7-13-8-10)4-5-11(15)16/h4-8,14H,1-3H3,(H,15,16). The van der Waals surface area contributed by atoms with Gasteiger partial charge in [0.2, 0.25) is 10.0 Å². The lowest BCUT2D eigenvalue weighted by Gasteiger charge is -2.20. The van der Waals surface area contributed by atoms with Crippen LogP contribution in [0, 0.1) is 0 Å². The number of carboxylic acids is 1. The van der Waals surface area contributed by atoms with E-state index < -0.39 is 21.5 Å². The zero-order valence-corrected chi connectivity index (χ0v) is 11.7. The van der Waals surface area contributed by atoms with Gasteiger partial charge in [0.1, 0.15) is 4.90 Å². The van der Waals surface area contributed by atoms with E-state index in [1.54, 1.807) is 20.8 Å². The van der Waals surface area contributed by atoms with Crippen molar-refractivity contribution in [2.45, 2.75) is 31.2 Å². The lowest BCUT2D eigenvalue weighted by Crippen LogP contribution is -2.40. The third-order valence-electron chi connectivity index (χ3n) is 1.90. The van der Waals surface area contributed by atoms with Gasteiger partial charge in [-0.15, -0.1) is 0 Å². The molecule has 1 heterocycles. The summed E-state index contributed by atoms with van der Waals surface area (Å²) >= 11 is 0. The van der Waals surface area contributed by atoms with E-state index in [-0.39, 0.29) is 4.90 Å². The van der Waals surface area contributed by atoms with Gasteiger partial charge in [-0.3, -0.25) is 4.98 Å². The molecule has 0 aliphatic rings. The second kappa shape index (κ2) is 5.50. The zero-order valence-electron chi connectivity index (χ0n) is 10.9. The average Bonchev–Trinajstić information content (AvgIpc) is 2.23. The van der Waals surface area contributed by atoms with Crippen molar-refractivity contribution in [3.05, 3.63) is 30.1 Å². The number of aliphatic carboxylic acids is 1. The smallest absolute Gasteiger partial charge is 0.328 e. The predicted molar refractivity (Wildman–Crippen MR) is 71.0 cm³/mol. The molecule has 0 saturated heterocycles. The quantitative estimate of drug-likeness (QED) is 0.811. The van der Waals surface area contributed by atoms with Gasteiger partial charge in [-0.1, -0.05) is 0 Å². The number of carboxylic acid groups (broad SMARTS) is 1. The van der Waals surface area contributed by atoms with Crippen molar-refractivity contribution in [3.8, 4) is 0 Å². The minimum Gasteiger partial charge on any atom is -0.478 e. The van der Waals surface area contributed by atoms with Crippen molar-refractivity contribution in [1.29, 1.82) is 0 Å². The number of nitrogens with zero attached hydrogens (tertiary/aromatic N) is 1. The van der Waals surface area contributed by atoms with Gasteiger partial charge in [0.15, 0.2) is 0 Å². The van der Waals surface area contributed by atoms with Crippen LogP contribution in [0.1, 0.15) is 26.3 Å². The molecule has 0 fully saturated rings. The van der Waals surface area contributed by atoms with Crippen molar-refractivity contribution in [3.63, 3.8) is 0 Å². The van der Waals surface area contributed by atoms with E-state index in [4.69, 9.17) is 5.11 Å². The maximum atomic E-state index is 12.0. The van der Waals surface area contributed by atoms with Crippen LogP contribution < -0.4 is 4.72 Å². The largest absolute Gasteiger partial charge is 0.478 e. The Bertz CT molecular complexity index is 600. The summed E-state index contributed by atoms with van der Waals surface area (Å²) in [6.07, 6.45) is 4.80. The summed E-state index contributed by atoms with van der Waals surface area (Å²) in [5, 5.41) is 8.52. The third-order valence-corrected chi connectivity index (χ3v) is 3.63. The number of hydrogen-bond acceptors (Lipinski definition) is 4. The van der Waals surface area contributed by atoms with Crippen molar-refractivity contribution in [2.24, 2.45) is 0 Å². The van der Waals surface area contributed by atoms with Gasteiger partial charge in [-0.2, -0.15) is 0 Å². The van der Waals surface area contributed by atoms with Crippen molar-refractivity contribution < 1.29 is 18.3 Å². The van der Waals surface area contributed by atoms with Gasteiger partial charge < -0.3 is 5.11 Å². The summed E-state index contributed by atoms with van der Waals surface area (Å²) in [6.45, 7) is 5.19. The highest BCUT2D eigenvalue weighted by Gasteiger charge is 2.22. The average molecular weight is 284 g/mol. The van der Waals surface area contributed by atoms with E-state index in [1.807, 2.05) is 0 Å². The normalized spacial score (nSPS) is 12.8. The highest BCUT2D eigenvalue weighted by atomic mass is 32.2. The molecule has 2 N–H and O–H groups in total. The zero-order chi connectivity index (χ0) is 14.7. The number of pyridine rings is 1. The summed E-state index contributed by atoms with van der Waals surface area (Å²) < 4.78 is 26.6. The second-order valence-corrected chi connectivity index (χ2v) is 6.66. The van der Waals surface area contributed by atoms with E-state index in [9.17, 15) is 13.2 Å². The molecule has 0 unspecified atom stereocenters. The lowest BCUT2D eigenvalue weighted by atomic mass is 10.1. The summed E-state index contributed by atoms with van der Waals surface area (Å²) in [5.74, 6) is -1.11. The van der Waals surface area contributed by atoms with Crippen LogP contribution in [0.3, 0.4) is 0 Å². The van der Waals surface area contributed by atoms with Gasteiger partial charge in [-0.05, 0) is 38.5 Å². The van der Waals surface area contributed by atoms with Gasteiger partial charge in [0.25, 0.3) is 0 Å². The second-order valence-electron chi connectivity index (χ2n) is 4.98. The van der Waals surface area contributed by atoms with Crippen LogP contribution in [0.5, 0.6) is 0 Å². The Morgan fingerprint density at radius 1 is 1.37 bits per heavy atom. The number of nitrogens with one attached hydrogen (secondary N) is 1. The Balaban J connectivity index is 3.09. The highest BCUT2D eigenvalue weighted by molar-refractivity contribution is 7.89. The van der Waals surface area contributed by atoms with Crippen LogP contribution in [-0.2, 0) is 14.8 Å². The van der Waals surface area contributed by atoms with Crippen LogP contribution in [-0.4, -0.2) is 30.0 Å². The van der Waals surface area contributed by atoms with Crippen molar-refractivity contribution in [1.82, 2.24) is 9.71 Å². The molecule has 0 aliphatic carbocycles. The van der Waals surface area contributed by atoms with E-state index in [0.29, 0.717) is 5.56 Å². The Morgan fingerprint density at radius 2 is 2.00 bits per heavy atom. The molecule has 0 aliphatic heterocycles. The number of carbonyl (C=O) groups is 1. The Morgan fingerprint density at radius 3 is 2.53 bits per heavy atom. The van der Waals surface area contributed by atoms with E-state index >= 15 is 0 Å². The molecule has 19 heavy (non-hydrogen) atoms. The monoisotopic (exact) mass is 284 g/mol. The summed E-state index contributed by atoms with van der Waals surface area (Å²) in [5.41, 5.74) is -0.203.